The molecule has 0 atom stereocenters. The molecule has 5 heteroatoms. The van der Waals surface area contributed by atoms with Crippen molar-refractivity contribution in [2.24, 2.45) is 0 Å². The van der Waals surface area contributed by atoms with Gasteiger partial charge in [-0.25, -0.2) is 4.98 Å². The van der Waals surface area contributed by atoms with Gasteiger partial charge in [-0.1, -0.05) is 35.4 Å². The van der Waals surface area contributed by atoms with E-state index in [9.17, 15) is 9.90 Å². The Morgan fingerprint density at radius 3 is 2.44 bits per heavy atom. The number of hydrogen-bond acceptors (Lipinski definition) is 4. The van der Waals surface area contributed by atoms with Gasteiger partial charge in [-0.15, -0.1) is 11.3 Å². The minimum atomic E-state index is -0.850. The van der Waals surface area contributed by atoms with Crippen molar-refractivity contribution in [2.45, 2.75) is 27.2 Å². The minimum absolute atomic E-state index is 0.0318. The molecule has 1 heterocycles. The summed E-state index contributed by atoms with van der Waals surface area (Å²) in [5.74, 6) is -0.850. The number of rotatable bonds is 5. The van der Waals surface area contributed by atoms with Crippen LogP contribution in [0.2, 0.25) is 0 Å². The molecule has 0 aliphatic carbocycles. The van der Waals surface area contributed by atoms with Gasteiger partial charge in [0.1, 0.15) is 0 Å². The minimum Gasteiger partial charge on any atom is -0.481 e. The monoisotopic (exact) mass is 352 g/mol. The molecule has 0 spiro atoms. The zero-order valence-electron chi connectivity index (χ0n) is 14.5. The molecule has 25 heavy (non-hydrogen) atoms. The molecule has 0 unspecified atom stereocenters. The SMILES string of the molecule is Cc1ccc(Nc2nc(-c3cc(C)ccc3C)c(CC(=O)O)s2)cc1. The lowest BCUT2D eigenvalue weighted by Gasteiger charge is -2.06. The van der Waals surface area contributed by atoms with E-state index < -0.39 is 5.97 Å². The van der Waals surface area contributed by atoms with E-state index in [-0.39, 0.29) is 6.42 Å². The molecular formula is C20H20N2O2S. The molecule has 128 valence electrons. The Balaban J connectivity index is 2.01. The fourth-order valence-corrected chi connectivity index (χ4v) is 3.61. The number of aromatic nitrogens is 1. The third kappa shape index (κ3) is 4.06. The molecule has 0 aliphatic heterocycles. The molecule has 2 aromatic carbocycles. The Labute approximate surface area is 151 Å². The summed E-state index contributed by atoms with van der Waals surface area (Å²) in [5, 5.41) is 13.2. The van der Waals surface area contributed by atoms with Crippen LogP contribution in [0, 0.1) is 20.8 Å². The van der Waals surface area contributed by atoms with Gasteiger partial charge in [-0.3, -0.25) is 4.79 Å². The third-order valence-corrected chi connectivity index (χ3v) is 4.93. The van der Waals surface area contributed by atoms with Gasteiger partial charge in [0, 0.05) is 16.1 Å². The van der Waals surface area contributed by atoms with Gasteiger partial charge in [-0.05, 0) is 44.5 Å². The maximum Gasteiger partial charge on any atom is 0.308 e. The van der Waals surface area contributed by atoms with Crippen LogP contribution in [0.4, 0.5) is 10.8 Å². The Morgan fingerprint density at radius 2 is 1.76 bits per heavy atom. The standard InChI is InChI=1S/C20H20N2O2S/c1-12-5-8-15(9-6-12)21-20-22-19(17(25-20)11-18(23)24)16-10-13(2)4-7-14(16)3/h4-10H,11H2,1-3H3,(H,21,22)(H,23,24). The summed E-state index contributed by atoms with van der Waals surface area (Å²) in [6, 6.07) is 14.2. The molecule has 0 radical (unpaired) electrons. The summed E-state index contributed by atoms with van der Waals surface area (Å²) in [5.41, 5.74) is 6.08. The molecule has 0 aliphatic rings. The van der Waals surface area contributed by atoms with E-state index in [1.165, 1.54) is 16.9 Å². The number of hydrogen-bond donors (Lipinski definition) is 2. The summed E-state index contributed by atoms with van der Waals surface area (Å²) in [4.78, 5) is 16.7. The van der Waals surface area contributed by atoms with Crippen LogP contribution in [0.25, 0.3) is 11.3 Å². The number of carboxylic acids is 1. The van der Waals surface area contributed by atoms with Crippen molar-refractivity contribution < 1.29 is 9.90 Å². The first-order valence-electron chi connectivity index (χ1n) is 8.05. The number of anilines is 2. The highest BCUT2D eigenvalue weighted by atomic mass is 32.1. The Bertz CT molecular complexity index is 914. The lowest BCUT2D eigenvalue weighted by Crippen LogP contribution is -2.00. The average molecular weight is 352 g/mol. The zero-order chi connectivity index (χ0) is 18.0. The van der Waals surface area contributed by atoms with Gasteiger partial charge in [0.15, 0.2) is 5.13 Å². The molecule has 0 bridgehead atoms. The molecule has 2 N–H and O–H groups in total. The van der Waals surface area contributed by atoms with Gasteiger partial charge in [0.25, 0.3) is 0 Å². The van der Waals surface area contributed by atoms with Gasteiger partial charge >= 0.3 is 5.97 Å². The fraction of sp³-hybridized carbons (Fsp3) is 0.200. The quantitative estimate of drug-likeness (QED) is 0.670. The highest BCUT2D eigenvalue weighted by Crippen LogP contribution is 2.35. The predicted molar refractivity (Wildman–Crippen MR) is 103 cm³/mol. The van der Waals surface area contributed by atoms with E-state index in [4.69, 9.17) is 4.98 Å². The second kappa shape index (κ2) is 7.07. The lowest BCUT2D eigenvalue weighted by molar-refractivity contribution is -0.136. The van der Waals surface area contributed by atoms with Crippen molar-refractivity contribution in [1.82, 2.24) is 4.98 Å². The van der Waals surface area contributed by atoms with Crippen molar-refractivity contribution in [3.05, 3.63) is 64.0 Å². The smallest absolute Gasteiger partial charge is 0.308 e. The molecule has 4 nitrogen and oxygen atoms in total. The van der Waals surface area contributed by atoms with Gasteiger partial charge in [-0.2, -0.15) is 0 Å². The van der Waals surface area contributed by atoms with Crippen molar-refractivity contribution >= 4 is 28.1 Å². The molecule has 0 saturated carbocycles. The summed E-state index contributed by atoms with van der Waals surface area (Å²) >= 11 is 1.39. The van der Waals surface area contributed by atoms with Crippen molar-refractivity contribution in [1.29, 1.82) is 0 Å². The number of thiazole rings is 1. The molecular weight excluding hydrogens is 332 g/mol. The summed E-state index contributed by atoms with van der Waals surface area (Å²) in [6.45, 7) is 6.08. The maximum absolute atomic E-state index is 11.3. The van der Waals surface area contributed by atoms with Crippen LogP contribution in [0.3, 0.4) is 0 Å². The molecule has 3 rings (SSSR count). The Hall–Kier alpha value is -2.66. The Morgan fingerprint density at radius 1 is 1.08 bits per heavy atom. The highest BCUT2D eigenvalue weighted by molar-refractivity contribution is 7.16. The van der Waals surface area contributed by atoms with E-state index in [1.807, 2.05) is 57.2 Å². The van der Waals surface area contributed by atoms with Gasteiger partial charge in [0.2, 0.25) is 0 Å². The van der Waals surface area contributed by atoms with Crippen molar-refractivity contribution in [3.63, 3.8) is 0 Å². The second-order valence-corrected chi connectivity index (χ2v) is 7.25. The predicted octanol–water partition coefficient (Wildman–Crippen LogP) is 5.11. The number of benzene rings is 2. The summed E-state index contributed by atoms with van der Waals surface area (Å²) in [7, 11) is 0. The fourth-order valence-electron chi connectivity index (χ4n) is 2.62. The van der Waals surface area contributed by atoms with Crippen LogP contribution >= 0.6 is 11.3 Å². The van der Waals surface area contributed by atoms with E-state index in [2.05, 4.69) is 11.4 Å². The first kappa shape index (κ1) is 17.2. The average Bonchev–Trinajstić information content (AvgIpc) is 2.93. The van der Waals surface area contributed by atoms with Crippen LogP contribution in [-0.2, 0) is 11.2 Å². The third-order valence-electron chi connectivity index (χ3n) is 3.96. The molecule has 0 fully saturated rings. The summed E-state index contributed by atoms with van der Waals surface area (Å²) in [6.07, 6.45) is -0.0318. The molecule has 0 saturated heterocycles. The second-order valence-electron chi connectivity index (χ2n) is 6.17. The number of nitrogens with one attached hydrogen (secondary N) is 1. The van der Waals surface area contributed by atoms with Gasteiger partial charge in [0.05, 0.1) is 12.1 Å². The van der Waals surface area contributed by atoms with Crippen LogP contribution in [0.1, 0.15) is 21.6 Å². The molecule has 1 aromatic heterocycles. The number of carboxylic acid groups (broad SMARTS) is 1. The first-order chi connectivity index (χ1) is 11.9. The van der Waals surface area contributed by atoms with Crippen molar-refractivity contribution in [2.75, 3.05) is 5.32 Å². The Kier molecular flexibility index (Phi) is 4.86. The normalized spacial score (nSPS) is 10.7. The first-order valence-corrected chi connectivity index (χ1v) is 8.87. The maximum atomic E-state index is 11.3. The molecule has 0 amide bonds. The van der Waals surface area contributed by atoms with Crippen molar-refractivity contribution in [3.8, 4) is 11.3 Å². The number of carbonyl (C=O) groups is 1. The topological polar surface area (TPSA) is 62.2 Å². The zero-order valence-corrected chi connectivity index (χ0v) is 15.3. The highest BCUT2D eigenvalue weighted by Gasteiger charge is 2.17. The lowest BCUT2D eigenvalue weighted by atomic mass is 10.0. The number of aliphatic carboxylic acids is 1. The van der Waals surface area contributed by atoms with E-state index >= 15 is 0 Å². The van der Waals surface area contributed by atoms with Crippen LogP contribution in [0.5, 0.6) is 0 Å². The van der Waals surface area contributed by atoms with Crippen LogP contribution < -0.4 is 5.32 Å². The number of nitrogens with zero attached hydrogens (tertiary/aromatic N) is 1. The van der Waals surface area contributed by atoms with E-state index in [0.29, 0.717) is 5.13 Å². The number of aryl methyl sites for hydroxylation is 3. The van der Waals surface area contributed by atoms with Crippen LogP contribution in [-0.4, -0.2) is 16.1 Å². The summed E-state index contributed by atoms with van der Waals surface area (Å²) < 4.78 is 0. The molecule has 3 aromatic rings. The van der Waals surface area contributed by atoms with Crippen LogP contribution in [0.15, 0.2) is 42.5 Å². The van der Waals surface area contributed by atoms with Gasteiger partial charge < -0.3 is 10.4 Å². The van der Waals surface area contributed by atoms with E-state index in [0.717, 1.165) is 32.9 Å². The largest absolute Gasteiger partial charge is 0.481 e. The van der Waals surface area contributed by atoms with E-state index in [1.54, 1.807) is 0 Å².